The van der Waals surface area contributed by atoms with E-state index in [0.717, 1.165) is 23.0 Å². The number of rotatable bonds is 7. The van der Waals surface area contributed by atoms with Gasteiger partial charge in [-0.3, -0.25) is 14.4 Å². The van der Waals surface area contributed by atoms with E-state index >= 15 is 0 Å². The van der Waals surface area contributed by atoms with Gasteiger partial charge in [0.25, 0.3) is 5.91 Å². The lowest BCUT2D eigenvalue weighted by Gasteiger charge is -2.20. The first kappa shape index (κ1) is 20.0. The van der Waals surface area contributed by atoms with Crippen LogP contribution >= 0.6 is 11.8 Å². The van der Waals surface area contributed by atoms with Crippen LogP contribution in [0.25, 0.3) is 0 Å². The predicted octanol–water partition coefficient (Wildman–Crippen LogP) is 2.12. The van der Waals surface area contributed by atoms with Crippen molar-refractivity contribution in [3.05, 3.63) is 29.8 Å². The minimum Gasteiger partial charge on any atom is -0.455 e. The lowest BCUT2D eigenvalue weighted by molar-refractivity contribution is -0.146. The fraction of sp³-hybridized carbons (Fsp3) is 0.471. The molecule has 0 atom stereocenters. The predicted molar refractivity (Wildman–Crippen MR) is 96.0 cm³/mol. The Hall–Kier alpha value is -2.02. The number of carbonyl (C=O) groups is 3. The third-order valence-electron chi connectivity index (χ3n) is 2.63. The smallest absolute Gasteiger partial charge is 0.316 e. The van der Waals surface area contributed by atoms with E-state index < -0.39 is 5.97 Å². The molecule has 0 aliphatic heterocycles. The maximum absolute atomic E-state index is 11.8. The van der Waals surface area contributed by atoms with Crippen molar-refractivity contribution in [2.75, 3.05) is 23.4 Å². The van der Waals surface area contributed by atoms with E-state index in [1.54, 1.807) is 6.07 Å². The maximum atomic E-state index is 11.8. The second-order valence-corrected chi connectivity index (χ2v) is 7.35. The summed E-state index contributed by atoms with van der Waals surface area (Å²) in [5.41, 5.74) is 1.41. The monoisotopic (exact) mass is 352 g/mol. The Labute approximate surface area is 146 Å². The van der Waals surface area contributed by atoms with Gasteiger partial charge in [0.15, 0.2) is 6.61 Å². The molecule has 0 saturated heterocycles. The molecule has 2 amide bonds. The van der Waals surface area contributed by atoms with Crippen molar-refractivity contribution in [3.63, 3.8) is 0 Å². The molecule has 0 aromatic heterocycles. The Kier molecular flexibility index (Phi) is 7.78. The highest BCUT2D eigenvalue weighted by Gasteiger charge is 2.15. The zero-order valence-corrected chi connectivity index (χ0v) is 15.3. The van der Waals surface area contributed by atoms with Crippen LogP contribution in [0.5, 0.6) is 0 Å². The summed E-state index contributed by atoms with van der Waals surface area (Å²) < 4.78 is 4.86. The molecule has 0 saturated carbocycles. The lowest BCUT2D eigenvalue weighted by atomic mass is 10.1. The first-order valence-corrected chi connectivity index (χ1v) is 8.72. The van der Waals surface area contributed by atoms with Gasteiger partial charge in [0.05, 0.1) is 11.5 Å². The molecule has 1 aromatic carbocycles. The van der Waals surface area contributed by atoms with Crippen LogP contribution < -0.4 is 10.6 Å². The summed E-state index contributed by atoms with van der Waals surface area (Å²) in [6, 6.07) is 7.47. The second kappa shape index (κ2) is 9.32. The van der Waals surface area contributed by atoms with E-state index in [9.17, 15) is 14.4 Å². The van der Waals surface area contributed by atoms with Crippen LogP contribution in [0.4, 0.5) is 5.69 Å². The SMILES string of the molecule is Cc1cccc(NC(=O)CSCC(=O)OCC(=O)NC(C)(C)C)c1. The van der Waals surface area contributed by atoms with Crippen LogP contribution in [0.3, 0.4) is 0 Å². The summed E-state index contributed by atoms with van der Waals surface area (Å²) in [6.45, 7) is 7.16. The largest absolute Gasteiger partial charge is 0.455 e. The standard InChI is InChI=1S/C17H24N2O4S/c1-12-6-5-7-13(8-12)18-15(21)10-24-11-16(22)23-9-14(20)19-17(2,3)4/h5-8H,9-11H2,1-4H3,(H,18,21)(H,19,20). The lowest BCUT2D eigenvalue weighted by Crippen LogP contribution is -2.42. The van der Waals surface area contributed by atoms with Crippen LogP contribution in [0.2, 0.25) is 0 Å². The first-order chi connectivity index (χ1) is 11.2. The molecule has 0 heterocycles. The second-order valence-electron chi connectivity index (χ2n) is 6.37. The van der Waals surface area contributed by atoms with E-state index in [1.165, 1.54) is 0 Å². The molecule has 1 aromatic rings. The van der Waals surface area contributed by atoms with Gasteiger partial charge >= 0.3 is 5.97 Å². The van der Waals surface area contributed by atoms with E-state index in [-0.39, 0.29) is 35.5 Å². The van der Waals surface area contributed by atoms with Crippen LogP contribution in [-0.2, 0) is 19.1 Å². The zero-order chi connectivity index (χ0) is 18.2. The van der Waals surface area contributed by atoms with Crippen LogP contribution in [0.1, 0.15) is 26.3 Å². The van der Waals surface area contributed by atoms with Crippen molar-refractivity contribution in [3.8, 4) is 0 Å². The Morgan fingerprint density at radius 2 is 1.83 bits per heavy atom. The van der Waals surface area contributed by atoms with Gasteiger partial charge in [-0.25, -0.2) is 0 Å². The van der Waals surface area contributed by atoms with Crippen LogP contribution in [0.15, 0.2) is 24.3 Å². The molecule has 0 aliphatic rings. The van der Waals surface area contributed by atoms with Crippen molar-refractivity contribution < 1.29 is 19.1 Å². The first-order valence-electron chi connectivity index (χ1n) is 7.56. The van der Waals surface area contributed by atoms with Crippen LogP contribution in [-0.4, -0.2) is 41.4 Å². The van der Waals surface area contributed by atoms with E-state index in [4.69, 9.17) is 4.74 Å². The molecule has 1 rings (SSSR count). The van der Waals surface area contributed by atoms with Crippen molar-refractivity contribution in [2.45, 2.75) is 33.2 Å². The molecule has 0 aliphatic carbocycles. The summed E-state index contributed by atoms with van der Waals surface area (Å²) in [7, 11) is 0. The number of aryl methyl sites for hydroxylation is 1. The number of carbonyl (C=O) groups excluding carboxylic acids is 3. The molecular weight excluding hydrogens is 328 g/mol. The van der Waals surface area contributed by atoms with Gasteiger partial charge in [0.1, 0.15) is 0 Å². The van der Waals surface area contributed by atoms with Crippen molar-refractivity contribution in [2.24, 2.45) is 0 Å². The maximum Gasteiger partial charge on any atom is 0.316 e. The average molecular weight is 352 g/mol. The van der Waals surface area contributed by atoms with Gasteiger partial charge in [-0.15, -0.1) is 11.8 Å². The summed E-state index contributed by atoms with van der Waals surface area (Å²) >= 11 is 1.14. The number of hydrogen-bond donors (Lipinski definition) is 2. The summed E-state index contributed by atoms with van der Waals surface area (Å²) in [5.74, 6) is -0.907. The molecule has 24 heavy (non-hydrogen) atoms. The molecule has 0 spiro atoms. The fourth-order valence-electron chi connectivity index (χ4n) is 1.79. The minimum absolute atomic E-state index is 0.0179. The van der Waals surface area contributed by atoms with Crippen molar-refractivity contribution in [1.29, 1.82) is 0 Å². The number of benzene rings is 1. The molecule has 132 valence electrons. The topological polar surface area (TPSA) is 84.5 Å². The van der Waals surface area contributed by atoms with Crippen LogP contribution in [0, 0.1) is 6.92 Å². The fourth-order valence-corrected chi connectivity index (χ4v) is 2.40. The zero-order valence-electron chi connectivity index (χ0n) is 14.5. The third kappa shape index (κ3) is 9.19. The highest BCUT2D eigenvalue weighted by atomic mass is 32.2. The molecule has 0 radical (unpaired) electrons. The van der Waals surface area contributed by atoms with Gasteiger partial charge in [-0.2, -0.15) is 0 Å². The Morgan fingerprint density at radius 1 is 1.12 bits per heavy atom. The number of thioether (sulfide) groups is 1. The molecule has 0 bridgehead atoms. The number of esters is 1. The van der Waals surface area contributed by atoms with Gasteiger partial charge in [0, 0.05) is 11.2 Å². The summed E-state index contributed by atoms with van der Waals surface area (Å²) in [4.78, 5) is 34.8. The van der Waals surface area contributed by atoms with Gasteiger partial charge < -0.3 is 15.4 Å². The molecule has 2 N–H and O–H groups in total. The number of nitrogens with one attached hydrogen (secondary N) is 2. The quantitative estimate of drug-likeness (QED) is 0.735. The Bertz CT molecular complexity index is 596. The molecule has 6 nitrogen and oxygen atoms in total. The van der Waals surface area contributed by atoms with Gasteiger partial charge in [0.2, 0.25) is 5.91 Å². The average Bonchev–Trinajstić information content (AvgIpc) is 2.43. The number of ether oxygens (including phenoxy) is 1. The number of hydrogen-bond acceptors (Lipinski definition) is 5. The highest BCUT2D eigenvalue weighted by Crippen LogP contribution is 2.10. The number of amides is 2. The normalized spacial score (nSPS) is 10.8. The van der Waals surface area contributed by atoms with Gasteiger partial charge in [-0.1, -0.05) is 12.1 Å². The van der Waals surface area contributed by atoms with Crippen molar-refractivity contribution >= 4 is 35.2 Å². The highest BCUT2D eigenvalue weighted by molar-refractivity contribution is 8.00. The minimum atomic E-state index is -0.521. The molecule has 0 unspecified atom stereocenters. The molecule has 7 heteroatoms. The summed E-state index contributed by atoms with van der Waals surface area (Å²) in [5, 5.41) is 5.45. The molecule has 0 fully saturated rings. The van der Waals surface area contributed by atoms with E-state index in [1.807, 2.05) is 45.9 Å². The Balaban J connectivity index is 2.21. The van der Waals surface area contributed by atoms with E-state index in [2.05, 4.69) is 10.6 Å². The Morgan fingerprint density at radius 3 is 2.46 bits per heavy atom. The number of anilines is 1. The third-order valence-corrected chi connectivity index (χ3v) is 3.54. The van der Waals surface area contributed by atoms with E-state index in [0.29, 0.717) is 0 Å². The molecular formula is C17H24N2O4S. The van der Waals surface area contributed by atoms with Gasteiger partial charge in [-0.05, 0) is 45.4 Å². The summed E-state index contributed by atoms with van der Waals surface area (Å²) in [6.07, 6.45) is 0. The van der Waals surface area contributed by atoms with Crippen molar-refractivity contribution in [1.82, 2.24) is 5.32 Å².